The van der Waals surface area contributed by atoms with Crippen LogP contribution in [0.5, 0.6) is 0 Å². The molecule has 2 aliphatic rings. The van der Waals surface area contributed by atoms with E-state index in [0.717, 1.165) is 63.1 Å². The lowest BCUT2D eigenvalue weighted by Crippen LogP contribution is -2.47. The molecule has 0 radical (unpaired) electrons. The molecule has 1 N–H and O–H groups in total. The van der Waals surface area contributed by atoms with Crippen LogP contribution in [0.25, 0.3) is 0 Å². The van der Waals surface area contributed by atoms with Gasteiger partial charge in [-0.05, 0) is 43.7 Å². The highest BCUT2D eigenvalue weighted by Gasteiger charge is 2.24. The molecule has 6 nitrogen and oxygen atoms in total. The number of aliphatic imine (C=N–C) groups is 1. The van der Waals surface area contributed by atoms with E-state index >= 15 is 0 Å². The zero-order chi connectivity index (χ0) is 18.7. The van der Waals surface area contributed by atoms with Crippen molar-refractivity contribution in [2.24, 2.45) is 10.9 Å². The van der Waals surface area contributed by atoms with Gasteiger partial charge in [0.1, 0.15) is 5.76 Å². The zero-order valence-electron chi connectivity index (χ0n) is 16.7. The number of ether oxygens (including phenoxy) is 2. The van der Waals surface area contributed by atoms with Gasteiger partial charge in [-0.25, -0.2) is 0 Å². The SMILES string of the molecule is COCCN=C(NCCc1ccco1)N1CCC(OCC2CCCC2)CC1. The van der Waals surface area contributed by atoms with Gasteiger partial charge in [-0.2, -0.15) is 0 Å². The van der Waals surface area contributed by atoms with E-state index in [1.165, 1.54) is 25.7 Å². The van der Waals surface area contributed by atoms with E-state index in [4.69, 9.17) is 18.9 Å². The van der Waals surface area contributed by atoms with E-state index in [-0.39, 0.29) is 0 Å². The molecule has 1 aliphatic heterocycles. The van der Waals surface area contributed by atoms with E-state index in [1.54, 1.807) is 13.4 Å². The Balaban J connectivity index is 1.42. The third-order valence-electron chi connectivity index (χ3n) is 5.58. The van der Waals surface area contributed by atoms with Crippen molar-refractivity contribution < 1.29 is 13.9 Å². The van der Waals surface area contributed by atoms with E-state index in [9.17, 15) is 0 Å². The van der Waals surface area contributed by atoms with Crippen LogP contribution in [0.4, 0.5) is 0 Å². The normalized spacial score (nSPS) is 19.7. The fourth-order valence-corrected chi connectivity index (χ4v) is 3.95. The molecule has 0 atom stereocenters. The molecule has 1 aliphatic carbocycles. The standard InChI is InChI=1S/C21H35N3O3/c1-25-16-12-23-21(22-11-8-19-7-4-15-26-19)24-13-9-20(10-14-24)27-17-18-5-2-3-6-18/h4,7,15,18,20H,2-3,5-6,8-14,16-17H2,1H3,(H,22,23). The van der Waals surface area contributed by atoms with Crippen molar-refractivity contribution in [1.29, 1.82) is 0 Å². The van der Waals surface area contributed by atoms with Crippen LogP contribution in [0.3, 0.4) is 0 Å². The van der Waals surface area contributed by atoms with Crippen LogP contribution in [0.2, 0.25) is 0 Å². The summed E-state index contributed by atoms with van der Waals surface area (Å²) in [6.07, 6.45) is 10.6. The lowest BCUT2D eigenvalue weighted by Gasteiger charge is -2.34. The van der Waals surface area contributed by atoms with Crippen molar-refractivity contribution in [1.82, 2.24) is 10.2 Å². The number of likely N-dealkylation sites (tertiary alicyclic amines) is 1. The third kappa shape index (κ3) is 6.85. The Kier molecular flexibility index (Phi) is 8.49. The molecule has 27 heavy (non-hydrogen) atoms. The Morgan fingerprint density at radius 1 is 1.26 bits per heavy atom. The van der Waals surface area contributed by atoms with Gasteiger partial charge in [0.25, 0.3) is 0 Å². The Morgan fingerprint density at radius 2 is 2.07 bits per heavy atom. The molecule has 0 bridgehead atoms. The van der Waals surface area contributed by atoms with Crippen molar-refractivity contribution in [3.63, 3.8) is 0 Å². The van der Waals surface area contributed by atoms with Gasteiger partial charge in [-0.3, -0.25) is 4.99 Å². The summed E-state index contributed by atoms with van der Waals surface area (Å²) in [5.41, 5.74) is 0. The summed E-state index contributed by atoms with van der Waals surface area (Å²) < 4.78 is 16.8. The molecule has 6 heteroatoms. The molecule has 0 unspecified atom stereocenters. The van der Waals surface area contributed by atoms with Gasteiger partial charge in [0.05, 0.1) is 25.5 Å². The number of rotatable bonds is 9. The summed E-state index contributed by atoms with van der Waals surface area (Å²) in [5.74, 6) is 2.78. The van der Waals surface area contributed by atoms with Crippen molar-refractivity contribution in [3.05, 3.63) is 24.2 Å². The number of nitrogens with zero attached hydrogens (tertiary/aromatic N) is 2. The topological polar surface area (TPSA) is 59.2 Å². The quantitative estimate of drug-likeness (QED) is 0.407. The van der Waals surface area contributed by atoms with Gasteiger partial charge in [0.15, 0.2) is 5.96 Å². The summed E-state index contributed by atoms with van der Waals surface area (Å²) in [6.45, 7) is 5.09. The molecule has 0 aromatic carbocycles. The maximum atomic E-state index is 6.20. The average molecular weight is 378 g/mol. The number of hydrogen-bond donors (Lipinski definition) is 1. The monoisotopic (exact) mass is 377 g/mol. The second-order valence-electron chi connectivity index (χ2n) is 7.62. The molecule has 1 aromatic rings. The molecule has 0 amide bonds. The van der Waals surface area contributed by atoms with Gasteiger partial charge in [-0.1, -0.05) is 12.8 Å². The summed E-state index contributed by atoms with van der Waals surface area (Å²) in [6, 6.07) is 3.94. The first-order chi connectivity index (χ1) is 13.3. The van der Waals surface area contributed by atoms with Crippen LogP contribution < -0.4 is 5.32 Å². The second kappa shape index (κ2) is 11.3. The van der Waals surface area contributed by atoms with Gasteiger partial charge >= 0.3 is 0 Å². The predicted octanol–water partition coefficient (Wildman–Crippen LogP) is 3.09. The fourth-order valence-electron chi connectivity index (χ4n) is 3.95. The Hall–Kier alpha value is -1.53. The number of nitrogens with one attached hydrogen (secondary N) is 1. The van der Waals surface area contributed by atoms with Crippen LogP contribution >= 0.6 is 0 Å². The second-order valence-corrected chi connectivity index (χ2v) is 7.62. The van der Waals surface area contributed by atoms with E-state index in [0.29, 0.717) is 19.3 Å². The van der Waals surface area contributed by atoms with Crippen LogP contribution in [0, 0.1) is 5.92 Å². The Bertz CT molecular complexity index is 533. The minimum atomic E-state index is 0.408. The van der Waals surface area contributed by atoms with E-state index in [2.05, 4.69) is 10.2 Å². The van der Waals surface area contributed by atoms with Crippen LogP contribution in [-0.4, -0.2) is 63.5 Å². The first kappa shape index (κ1) is 20.2. The molecular weight excluding hydrogens is 342 g/mol. The largest absolute Gasteiger partial charge is 0.469 e. The molecule has 152 valence electrons. The van der Waals surface area contributed by atoms with Crippen LogP contribution in [0.1, 0.15) is 44.3 Å². The minimum Gasteiger partial charge on any atom is -0.469 e. The molecule has 1 saturated carbocycles. The fraction of sp³-hybridized carbons (Fsp3) is 0.762. The number of hydrogen-bond acceptors (Lipinski definition) is 4. The maximum absolute atomic E-state index is 6.20. The molecule has 2 heterocycles. The van der Waals surface area contributed by atoms with Crippen LogP contribution in [-0.2, 0) is 15.9 Å². The highest BCUT2D eigenvalue weighted by atomic mass is 16.5. The number of guanidine groups is 1. The van der Waals surface area contributed by atoms with Crippen molar-refractivity contribution >= 4 is 5.96 Å². The van der Waals surface area contributed by atoms with E-state index < -0.39 is 0 Å². The van der Waals surface area contributed by atoms with Gasteiger partial charge in [0.2, 0.25) is 0 Å². The summed E-state index contributed by atoms with van der Waals surface area (Å²) in [7, 11) is 1.71. The van der Waals surface area contributed by atoms with Gasteiger partial charge < -0.3 is 24.1 Å². The van der Waals surface area contributed by atoms with Gasteiger partial charge in [0, 0.05) is 39.8 Å². The molecule has 1 aromatic heterocycles. The van der Waals surface area contributed by atoms with Crippen molar-refractivity contribution in [2.75, 3.05) is 46.5 Å². The summed E-state index contributed by atoms with van der Waals surface area (Å²) in [4.78, 5) is 7.08. The Labute approximate surface area is 163 Å². The lowest BCUT2D eigenvalue weighted by atomic mass is 10.1. The minimum absolute atomic E-state index is 0.408. The van der Waals surface area contributed by atoms with E-state index in [1.807, 2.05) is 12.1 Å². The summed E-state index contributed by atoms with van der Waals surface area (Å²) >= 11 is 0. The first-order valence-corrected chi connectivity index (χ1v) is 10.5. The smallest absolute Gasteiger partial charge is 0.194 e. The highest BCUT2D eigenvalue weighted by molar-refractivity contribution is 5.80. The lowest BCUT2D eigenvalue weighted by molar-refractivity contribution is 0.000991. The summed E-state index contributed by atoms with van der Waals surface area (Å²) in [5, 5.41) is 3.50. The molecular formula is C21H35N3O3. The zero-order valence-corrected chi connectivity index (χ0v) is 16.7. The number of furan rings is 1. The molecule has 3 rings (SSSR count). The maximum Gasteiger partial charge on any atom is 0.194 e. The number of methoxy groups -OCH3 is 1. The number of piperidine rings is 1. The van der Waals surface area contributed by atoms with Gasteiger partial charge in [-0.15, -0.1) is 0 Å². The molecule has 2 fully saturated rings. The highest BCUT2D eigenvalue weighted by Crippen LogP contribution is 2.26. The average Bonchev–Trinajstić information content (AvgIpc) is 3.40. The van der Waals surface area contributed by atoms with Crippen molar-refractivity contribution in [2.45, 2.75) is 51.0 Å². The first-order valence-electron chi connectivity index (χ1n) is 10.5. The molecule has 1 saturated heterocycles. The third-order valence-corrected chi connectivity index (χ3v) is 5.58. The predicted molar refractivity (Wildman–Crippen MR) is 107 cm³/mol. The van der Waals surface area contributed by atoms with Crippen molar-refractivity contribution in [3.8, 4) is 0 Å². The van der Waals surface area contributed by atoms with Crippen LogP contribution in [0.15, 0.2) is 27.8 Å². The molecule has 0 spiro atoms. The Morgan fingerprint density at radius 3 is 2.78 bits per heavy atom.